The van der Waals surface area contributed by atoms with Gasteiger partial charge in [0.2, 0.25) is 0 Å². The molecule has 0 atom stereocenters. The van der Waals surface area contributed by atoms with Gasteiger partial charge in [0.25, 0.3) is 0 Å². The number of hydrogen-bond acceptors (Lipinski definition) is 5. The molecule has 0 unspecified atom stereocenters. The molecule has 1 aliphatic rings. The van der Waals surface area contributed by atoms with Crippen molar-refractivity contribution in [3.8, 4) is 0 Å². The molecule has 1 fully saturated rings. The standard InChI is InChI=1S/C15H23N5S/c1-4-16-9-12-14(11-5-6-11)18-15(21-12)20(3)10-13-17-7-8-19(13)2/h7-8,11,16H,4-6,9-10H2,1-3H3. The molecule has 114 valence electrons. The van der Waals surface area contributed by atoms with Crippen molar-refractivity contribution in [1.29, 1.82) is 0 Å². The van der Waals surface area contributed by atoms with E-state index in [4.69, 9.17) is 4.98 Å². The van der Waals surface area contributed by atoms with Gasteiger partial charge in [0.15, 0.2) is 5.13 Å². The molecule has 3 rings (SSSR count). The highest BCUT2D eigenvalue weighted by Gasteiger charge is 2.30. The summed E-state index contributed by atoms with van der Waals surface area (Å²) in [5, 5.41) is 4.53. The minimum Gasteiger partial charge on any atom is -0.344 e. The molecule has 0 amide bonds. The van der Waals surface area contributed by atoms with E-state index in [0.717, 1.165) is 30.6 Å². The van der Waals surface area contributed by atoms with Gasteiger partial charge in [0.1, 0.15) is 5.82 Å². The summed E-state index contributed by atoms with van der Waals surface area (Å²) in [6.07, 6.45) is 6.42. The molecule has 2 heterocycles. The Kier molecular flexibility index (Phi) is 4.26. The van der Waals surface area contributed by atoms with Crippen molar-refractivity contribution >= 4 is 16.5 Å². The molecule has 21 heavy (non-hydrogen) atoms. The van der Waals surface area contributed by atoms with E-state index in [-0.39, 0.29) is 0 Å². The Bertz CT molecular complexity index is 599. The lowest BCUT2D eigenvalue weighted by Gasteiger charge is -2.15. The third kappa shape index (κ3) is 3.27. The number of nitrogens with one attached hydrogen (secondary N) is 1. The molecule has 0 aromatic carbocycles. The summed E-state index contributed by atoms with van der Waals surface area (Å²) in [6.45, 7) is 4.88. The van der Waals surface area contributed by atoms with E-state index < -0.39 is 0 Å². The Balaban J connectivity index is 1.76. The highest BCUT2D eigenvalue weighted by atomic mass is 32.1. The first-order valence-electron chi connectivity index (χ1n) is 7.56. The monoisotopic (exact) mass is 305 g/mol. The molecular weight excluding hydrogens is 282 g/mol. The predicted octanol–water partition coefficient (Wildman–Crippen LogP) is 2.50. The smallest absolute Gasteiger partial charge is 0.185 e. The summed E-state index contributed by atoms with van der Waals surface area (Å²) < 4.78 is 2.06. The van der Waals surface area contributed by atoms with Crippen LogP contribution in [0.25, 0.3) is 0 Å². The maximum Gasteiger partial charge on any atom is 0.185 e. The highest BCUT2D eigenvalue weighted by molar-refractivity contribution is 7.15. The zero-order valence-corrected chi connectivity index (χ0v) is 13.8. The largest absolute Gasteiger partial charge is 0.344 e. The van der Waals surface area contributed by atoms with Crippen molar-refractivity contribution in [2.24, 2.45) is 7.05 Å². The number of hydrogen-bond donors (Lipinski definition) is 1. The molecule has 5 nitrogen and oxygen atoms in total. The van der Waals surface area contributed by atoms with Crippen molar-refractivity contribution < 1.29 is 0 Å². The molecule has 1 saturated carbocycles. The fraction of sp³-hybridized carbons (Fsp3) is 0.600. The van der Waals surface area contributed by atoms with Crippen molar-refractivity contribution in [2.45, 2.75) is 38.8 Å². The summed E-state index contributed by atoms with van der Waals surface area (Å²) in [7, 11) is 4.13. The van der Waals surface area contributed by atoms with Gasteiger partial charge in [0.05, 0.1) is 12.2 Å². The zero-order valence-electron chi connectivity index (χ0n) is 13.0. The van der Waals surface area contributed by atoms with Crippen LogP contribution in [0, 0.1) is 0 Å². The van der Waals surface area contributed by atoms with Gasteiger partial charge in [-0.15, -0.1) is 11.3 Å². The van der Waals surface area contributed by atoms with E-state index in [0.29, 0.717) is 5.92 Å². The molecule has 0 bridgehead atoms. The summed E-state index contributed by atoms with van der Waals surface area (Å²) in [4.78, 5) is 12.9. The van der Waals surface area contributed by atoms with Crippen LogP contribution in [0.5, 0.6) is 0 Å². The molecule has 2 aromatic heterocycles. The molecule has 0 aliphatic heterocycles. The molecule has 1 aliphatic carbocycles. The first-order chi connectivity index (χ1) is 10.2. The second-order valence-electron chi connectivity index (χ2n) is 5.67. The van der Waals surface area contributed by atoms with Crippen LogP contribution in [-0.2, 0) is 20.1 Å². The lowest BCUT2D eigenvalue weighted by atomic mass is 10.2. The first kappa shape index (κ1) is 14.5. The average molecular weight is 305 g/mol. The Hall–Kier alpha value is -1.40. The normalized spacial score (nSPS) is 14.6. The number of imidazole rings is 1. The van der Waals surface area contributed by atoms with Gasteiger partial charge in [-0.05, 0) is 19.4 Å². The van der Waals surface area contributed by atoms with Crippen LogP contribution in [0.3, 0.4) is 0 Å². The summed E-state index contributed by atoms with van der Waals surface area (Å²) in [6, 6.07) is 0. The number of aryl methyl sites for hydroxylation is 1. The van der Waals surface area contributed by atoms with E-state index >= 15 is 0 Å². The van der Waals surface area contributed by atoms with Crippen LogP contribution in [0.2, 0.25) is 0 Å². The van der Waals surface area contributed by atoms with E-state index in [1.54, 1.807) is 0 Å². The van der Waals surface area contributed by atoms with Gasteiger partial charge in [0, 0.05) is 43.8 Å². The van der Waals surface area contributed by atoms with Crippen molar-refractivity contribution in [3.05, 3.63) is 28.8 Å². The fourth-order valence-electron chi connectivity index (χ4n) is 2.38. The minimum atomic E-state index is 0.699. The number of nitrogens with zero attached hydrogens (tertiary/aromatic N) is 4. The Morgan fingerprint density at radius 3 is 2.90 bits per heavy atom. The topological polar surface area (TPSA) is 46.0 Å². The fourth-order valence-corrected chi connectivity index (χ4v) is 3.46. The van der Waals surface area contributed by atoms with Crippen LogP contribution in [-0.4, -0.2) is 28.1 Å². The molecule has 0 saturated heterocycles. The maximum absolute atomic E-state index is 4.90. The number of aromatic nitrogens is 3. The highest BCUT2D eigenvalue weighted by Crippen LogP contribution is 2.44. The zero-order chi connectivity index (χ0) is 14.8. The minimum absolute atomic E-state index is 0.699. The van der Waals surface area contributed by atoms with E-state index in [2.05, 4.69) is 33.7 Å². The van der Waals surface area contributed by atoms with E-state index in [9.17, 15) is 0 Å². The molecule has 6 heteroatoms. The van der Waals surface area contributed by atoms with Crippen molar-refractivity contribution in [3.63, 3.8) is 0 Å². The SMILES string of the molecule is CCNCc1sc(N(C)Cc2nccn2C)nc1C1CC1. The number of rotatable bonds is 7. The quantitative estimate of drug-likeness (QED) is 0.854. The second kappa shape index (κ2) is 6.15. The first-order valence-corrected chi connectivity index (χ1v) is 8.38. The summed E-state index contributed by atoms with van der Waals surface area (Å²) in [5.41, 5.74) is 1.32. The van der Waals surface area contributed by atoms with E-state index in [1.165, 1.54) is 23.4 Å². The van der Waals surface area contributed by atoms with Crippen LogP contribution in [0.4, 0.5) is 5.13 Å². The molecule has 0 radical (unpaired) electrons. The van der Waals surface area contributed by atoms with Crippen LogP contribution < -0.4 is 10.2 Å². The summed E-state index contributed by atoms with van der Waals surface area (Å²) >= 11 is 1.82. The molecule has 0 spiro atoms. The lowest BCUT2D eigenvalue weighted by Crippen LogP contribution is -2.18. The molecule has 1 N–H and O–H groups in total. The van der Waals surface area contributed by atoms with Gasteiger partial charge >= 0.3 is 0 Å². The molecule has 2 aromatic rings. The summed E-state index contributed by atoms with van der Waals surface area (Å²) in [5.74, 6) is 1.76. The van der Waals surface area contributed by atoms with Crippen molar-refractivity contribution in [1.82, 2.24) is 19.9 Å². The molecular formula is C15H23N5S. The van der Waals surface area contributed by atoms with Crippen LogP contribution in [0.15, 0.2) is 12.4 Å². The third-order valence-electron chi connectivity index (χ3n) is 3.84. The van der Waals surface area contributed by atoms with Gasteiger partial charge in [-0.1, -0.05) is 6.92 Å². The number of anilines is 1. The number of thiazole rings is 1. The van der Waals surface area contributed by atoms with E-state index in [1.807, 2.05) is 30.8 Å². The Morgan fingerprint density at radius 2 is 2.29 bits per heavy atom. The lowest BCUT2D eigenvalue weighted by molar-refractivity contribution is 0.726. The Morgan fingerprint density at radius 1 is 1.48 bits per heavy atom. The van der Waals surface area contributed by atoms with Gasteiger partial charge in [-0.25, -0.2) is 9.97 Å². The average Bonchev–Trinajstić information content (AvgIpc) is 3.11. The van der Waals surface area contributed by atoms with Gasteiger partial charge < -0.3 is 14.8 Å². The third-order valence-corrected chi connectivity index (χ3v) is 5.03. The van der Waals surface area contributed by atoms with Crippen LogP contribution in [0.1, 0.15) is 42.1 Å². The van der Waals surface area contributed by atoms with Crippen LogP contribution >= 0.6 is 11.3 Å². The second-order valence-corrected chi connectivity index (χ2v) is 6.73. The Labute approximate surface area is 130 Å². The van der Waals surface area contributed by atoms with Crippen molar-refractivity contribution in [2.75, 3.05) is 18.5 Å². The predicted molar refractivity (Wildman–Crippen MR) is 86.8 cm³/mol. The maximum atomic E-state index is 4.90. The van der Waals surface area contributed by atoms with Gasteiger partial charge in [-0.2, -0.15) is 0 Å². The van der Waals surface area contributed by atoms with Gasteiger partial charge in [-0.3, -0.25) is 0 Å².